The number of carbonyl (C=O) groups excluding carboxylic acids is 2. The second kappa shape index (κ2) is 7.41. The highest BCUT2D eigenvalue weighted by molar-refractivity contribution is 8.18. The molecule has 2 fully saturated rings. The van der Waals surface area contributed by atoms with Crippen molar-refractivity contribution in [2.24, 2.45) is 5.92 Å². The maximum Gasteiger partial charge on any atom is 0.290 e. The fourth-order valence-electron chi connectivity index (χ4n) is 4.13. The third-order valence-electron chi connectivity index (χ3n) is 5.57. The van der Waals surface area contributed by atoms with E-state index in [2.05, 4.69) is 5.32 Å². The molecule has 0 bridgehead atoms. The van der Waals surface area contributed by atoms with Crippen molar-refractivity contribution in [3.8, 4) is 0 Å². The molecule has 8 heteroatoms. The van der Waals surface area contributed by atoms with E-state index in [1.54, 1.807) is 24.3 Å². The second-order valence-corrected chi connectivity index (χ2v) is 10.2. The van der Waals surface area contributed by atoms with Crippen LogP contribution in [0.2, 0.25) is 0 Å². The van der Waals surface area contributed by atoms with Gasteiger partial charge in [0.1, 0.15) is 0 Å². The van der Waals surface area contributed by atoms with Crippen LogP contribution in [0.4, 0.5) is 4.79 Å². The highest BCUT2D eigenvalue weighted by Crippen LogP contribution is 2.40. The number of sulfonamides is 1. The Labute approximate surface area is 163 Å². The molecule has 0 aromatic heterocycles. The summed E-state index contributed by atoms with van der Waals surface area (Å²) in [6.45, 7) is 0.577. The number of hydrogen-bond acceptors (Lipinski definition) is 5. The van der Waals surface area contributed by atoms with E-state index in [1.165, 1.54) is 23.6 Å². The highest BCUT2D eigenvalue weighted by Gasteiger charge is 2.38. The predicted molar refractivity (Wildman–Crippen MR) is 104 cm³/mol. The molecule has 1 saturated heterocycles. The molecular formula is C19H22N2O4S2. The molecule has 1 aliphatic carbocycles. The molecule has 2 amide bonds. The van der Waals surface area contributed by atoms with Crippen molar-refractivity contribution in [2.75, 3.05) is 13.1 Å². The first-order valence-electron chi connectivity index (χ1n) is 9.32. The van der Waals surface area contributed by atoms with E-state index >= 15 is 0 Å². The molecule has 1 aromatic rings. The lowest BCUT2D eigenvalue weighted by Crippen LogP contribution is -2.38. The number of benzene rings is 1. The Morgan fingerprint density at radius 1 is 1.11 bits per heavy atom. The van der Waals surface area contributed by atoms with Gasteiger partial charge in [0, 0.05) is 18.7 Å². The van der Waals surface area contributed by atoms with E-state index < -0.39 is 21.2 Å². The number of nitrogens with one attached hydrogen (secondary N) is 1. The van der Waals surface area contributed by atoms with Gasteiger partial charge in [-0.3, -0.25) is 14.9 Å². The number of carbonyl (C=O) groups is 2. The quantitative estimate of drug-likeness (QED) is 0.778. The van der Waals surface area contributed by atoms with Crippen molar-refractivity contribution in [1.82, 2.24) is 9.62 Å². The van der Waals surface area contributed by atoms with Gasteiger partial charge in [-0.25, -0.2) is 8.42 Å². The Morgan fingerprint density at radius 3 is 2.56 bits per heavy atom. The van der Waals surface area contributed by atoms with Gasteiger partial charge in [-0.15, -0.1) is 0 Å². The molecule has 2 heterocycles. The summed E-state index contributed by atoms with van der Waals surface area (Å²) in [5.74, 6) is 0.120. The predicted octanol–water partition coefficient (Wildman–Crippen LogP) is 3.36. The normalized spacial score (nSPS) is 26.1. The Kier molecular flexibility index (Phi) is 5.13. The third-order valence-corrected chi connectivity index (χ3v) is 8.39. The number of imide groups is 1. The maximum atomic E-state index is 13.1. The van der Waals surface area contributed by atoms with E-state index in [4.69, 9.17) is 0 Å². The lowest BCUT2D eigenvalue weighted by Gasteiger charge is -2.32. The molecule has 0 radical (unpaired) electrons. The van der Waals surface area contributed by atoms with Crippen molar-refractivity contribution in [2.45, 2.75) is 43.4 Å². The Hall–Kier alpha value is -1.64. The average Bonchev–Trinajstić information content (AvgIpc) is 3.00. The van der Waals surface area contributed by atoms with Gasteiger partial charge in [0.25, 0.3) is 11.1 Å². The highest BCUT2D eigenvalue weighted by atomic mass is 32.2. The van der Waals surface area contributed by atoms with Crippen molar-refractivity contribution in [1.29, 1.82) is 0 Å². The monoisotopic (exact) mass is 406 g/mol. The molecule has 1 N–H and O–H groups in total. The van der Waals surface area contributed by atoms with Crippen LogP contribution in [0, 0.1) is 5.92 Å². The van der Waals surface area contributed by atoms with E-state index in [0.717, 1.165) is 31.0 Å². The number of thioether (sulfide) groups is 1. The van der Waals surface area contributed by atoms with Crippen LogP contribution in [0.5, 0.6) is 0 Å². The molecule has 27 heavy (non-hydrogen) atoms. The summed E-state index contributed by atoms with van der Waals surface area (Å²) in [5, 5.41) is 1.86. The summed E-state index contributed by atoms with van der Waals surface area (Å²) in [5.41, 5.74) is 1.15. The van der Waals surface area contributed by atoms with Gasteiger partial charge in [-0.1, -0.05) is 50.3 Å². The first kappa shape index (κ1) is 18.7. The van der Waals surface area contributed by atoms with E-state index in [-0.39, 0.29) is 11.4 Å². The summed E-state index contributed by atoms with van der Waals surface area (Å²) in [4.78, 5) is 24.3. The van der Waals surface area contributed by atoms with Crippen molar-refractivity contribution in [3.05, 3.63) is 34.7 Å². The first-order chi connectivity index (χ1) is 13.0. The van der Waals surface area contributed by atoms with Gasteiger partial charge in [0.15, 0.2) is 0 Å². The van der Waals surface area contributed by atoms with Crippen molar-refractivity contribution in [3.63, 3.8) is 0 Å². The molecule has 1 aromatic carbocycles. The lowest BCUT2D eigenvalue weighted by atomic mass is 9.87. The van der Waals surface area contributed by atoms with Crippen molar-refractivity contribution >= 4 is 38.5 Å². The molecule has 6 nitrogen and oxygen atoms in total. The van der Waals surface area contributed by atoms with Gasteiger partial charge in [-0.2, -0.15) is 4.31 Å². The third kappa shape index (κ3) is 3.58. The molecule has 2 aliphatic heterocycles. The molecule has 0 spiro atoms. The van der Waals surface area contributed by atoms with Gasteiger partial charge in [0.2, 0.25) is 10.0 Å². The minimum Gasteiger partial charge on any atom is -0.282 e. The van der Waals surface area contributed by atoms with Crippen LogP contribution >= 0.6 is 11.8 Å². The fourth-order valence-corrected chi connectivity index (χ4v) is 6.55. The molecule has 0 unspecified atom stereocenters. The van der Waals surface area contributed by atoms with Crippen LogP contribution in [0.25, 0.3) is 5.57 Å². The standard InChI is InChI=1S/C19H22N2O4S2/c22-18-17(26-19(23)20-18)15-12-21(11-10-13-6-2-1-3-7-13)27(24,25)16-9-5-4-8-14(15)16/h4-5,8-9,13H,1-3,6-7,10-12H2,(H,20,22,23)/b17-15-. The molecule has 4 rings (SSSR count). The molecule has 144 valence electrons. The number of amides is 2. The van der Waals surface area contributed by atoms with Crippen LogP contribution in [0.1, 0.15) is 44.1 Å². The molecule has 3 aliphatic rings. The average molecular weight is 407 g/mol. The van der Waals surface area contributed by atoms with Gasteiger partial charge in [0.05, 0.1) is 9.80 Å². The van der Waals surface area contributed by atoms with E-state index in [9.17, 15) is 18.0 Å². The van der Waals surface area contributed by atoms with Crippen LogP contribution in [-0.4, -0.2) is 37.0 Å². The zero-order chi connectivity index (χ0) is 19.0. The molecular weight excluding hydrogens is 384 g/mol. The molecule has 1 saturated carbocycles. The Balaban J connectivity index is 1.69. The maximum absolute atomic E-state index is 13.1. The number of fused-ring (bicyclic) bond motifs is 1. The molecule has 0 atom stereocenters. The first-order valence-corrected chi connectivity index (χ1v) is 11.6. The van der Waals surface area contributed by atoms with Crippen LogP contribution in [0.15, 0.2) is 34.1 Å². The number of nitrogens with zero attached hydrogens (tertiary/aromatic N) is 1. The number of hydrogen-bond donors (Lipinski definition) is 1. The van der Waals surface area contributed by atoms with Crippen molar-refractivity contribution < 1.29 is 18.0 Å². The Bertz CT molecular complexity index is 917. The minimum atomic E-state index is -3.60. The second-order valence-electron chi connectivity index (χ2n) is 7.28. The Morgan fingerprint density at radius 2 is 1.85 bits per heavy atom. The van der Waals surface area contributed by atoms with Gasteiger partial charge >= 0.3 is 0 Å². The van der Waals surface area contributed by atoms with Crippen LogP contribution in [0.3, 0.4) is 0 Å². The summed E-state index contributed by atoms with van der Waals surface area (Å²) < 4.78 is 27.7. The van der Waals surface area contributed by atoms with Crippen LogP contribution in [-0.2, 0) is 14.8 Å². The van der Waals surface area contributed by atoms with Gasteiger partial charge in [-0.05, 0) is 35.7 Å². The zero-order valence-corrected chi connectivity index (χ0v) is 16.6. The summed E-state index contributed by atoms with van der Waals surface area (Å²) >= 11 is 0.851. The largest absolute Gasteiger partial charge is 0.290 e. The van der Waals surface area contributed by atoms with Gasteiger partial charge < -0.3 is 0 Å². The minimum absolute atomic E-state index is 0.134. The number of rotatable bonds is 3. The van der Waals surface area contributed by atoms with E-state index in [1.807, 2.05) is 0 Å². The smallest absolute Gasteiger partial charge is 0.282 e. The summed E-state index contributed by atoms with van der Waals surface area (Å²) in [6, 6.07) is 6.74. The lowest BCUT2D eigenvalue weighted by molar-refractivity contribution is -0.115. The van der Waals surface area contributed by atoms with Crippen LogP contribution < -0.4 is 5.32 Å². The topological polar surface area (TPSA) is 83.6 Å². The summed E-state index contributed by atoms with van der Waals surface area (Å²) in [7, 11) is -3.60. The fraction of sp³-hybridized carbons (Fsp3) is 0.474. The van der Waals surface area contributed by atoms with E-state index in [0.29, 0.717) is 28.5 Å². The SMILES string of the molecule is O=C1NC(=O)/C(=C2\CN(CCC3CCCCC3)S(=O)(=O)c3ccccc32)S1. The zero-order valence-electron chi connectivity index (χ0n) is 14.9. The summed E-state index contributed by atoms with van der Waals surface area (Å²) in [6.07, 6.45) is 6.85.